The molecular weight excluding hydrogens is 296 g/mol. The van der Waals surface area contributed by atoms with Crippen molar-refractivity contribution in [2.75, 3.05) is 33.7 Å². The van der Waals surface area contributed by atoms with Crippen molar-refractivity contribution < 1.29 is 13.5 Å². The van der Waals surface area contributed by atoms with Gasteiger partial charge < -0.3 is 10.0 Å². The summed E-state index contributed by atoms with van der Waals surface area (Å²) in [7, 11) is 0.179. The van der Waals surface area contributed by atoms with Crippen molar-refractivity contribution >= 4 is 21.4 Å². The summed E-state index contributed by atoms with van der Waals surface area (Å²) in [6.07, 6.45) is 1.03. The number of aryl methyl sites for hydroxylation is 1. The van der Waals surface area contributed by atoms with Gasteiger partial charge in [0.2, 0.25) is 10.0 Å². The van der Waals surface area contributed by atoms with E-state index in [1.54, 1.807) is 19.4 Å². The third-order valence-corrected chi connectivity index (χ3v) is 7.08. The highest BCUT2D eigenvalue weighted by Gasteiger charge is 2.30. The molecule has 1 fully saturated rings. The average molecular weight is 318 g/mol. The fourth-order valence-corrected chi connectivity index (χ4v) is 5.59. The second-order valence-electron chi connectivity index (χ2n) is 5.53. The minimum Gasteiger partial charge on any atom is -0.391 e. The van der Waals surface area contributed by atoms with Crippen LogP contribution in [-0.2, 0) is 16.6 Å². The molecule has 0 aromatic carbocycles. The van der Waals surface area contributed by atoms with Gasteiger partial charge in [0.15, 0.2) is 0 Å². The van der Waals surface area contributed by atoms with Crippen LogP contribution in [0.5, 0.6) is 0 Å². The molecule has 1 aromatic heterocycles. The molecule has 1 aromatic rings. The summed E-state index contributed by atoms with van der Waals surface area (Å²) < 4.78 is 26.8. The van der Waals surface area contributed by atoms with E-state index in [1.807, 2.05) is 0 Å². The molecule has 0 amide bonds. The van der Waals surface area contributed by atoms with Gasteiger partial charge in [-0.15, -0.1) is 11.3 Å². The molecular formula is C13H22N2O3S2. The Balaban J connectivity index is 2.19. The maximum Gasteiger partial charge on any atom is 0.244 e. The maximum absolute atomic E-state index is 12.7. The summed E-state index contributed by atoms with van der Waals surface area (Å²) in [5, 5.41) is 11.1. The SMILES string of the molecule is Cc1csc(CO)c1S(=O)(=O)N(C)CC1CCN(C)C1. The van der Waals surface area contributed by atoms with E-state index in [4.69, 9.17) is 0 Å². The van der Waals surface area contributed by atoms with Crippen molar-refractivity contribution in [1.82, 2.24) is 9.21 Å². The number of sulfonamides is 1. The van der Waals surface area contributed by atoms with E-state index in [9.17, 15) is 13.5 Å². The molecule has 5 nitrogen and oxygen atoms in total. The predicted octanol–water partition coefficient (Wildman–Crippen LogP) is 1.12. The summed E-state index contributed by atoms with van der Waals surface area (Å²) in [5.74, 6) is 0.385. The summed E-state index contributed by atoms with van der Waals surface area (Å²) in [5.41, 5.74) is 0.717. The zero-order chi connectivity index (χ0) is 14.9. The van der Waals surface area contributed by atoms with Crippen LogP contribution in [-0.4, -0.2) is 56.5 Å². The van der Waals surface area contributed by atoms with Crippen molar-refractivity contribution in [2.45, 2.75) is 24.8 Å². The zero-order valence-corrected chi connectivity index (χ0v) is 13.8. The number of rotatable bonds is 5. The van der Waals surface area contributed by atoms with Crippen LogP contribution in [0.4, 0.5) is 0 Å². The van der Waals surface area contributed by atoms with E-state index < -0.39 is 10.0 Å². The van der Waals surface area contributed by atoms with Crippen LogP contribution >= 0.6 is 11.3 Å². The normalized spacial score (nSPS) is 20.9. The van der Waals surface area contributed by atoms with Gasteiger partial charge in [0.1, 0.15) is 4.90 Å². The van der Waals surface area contributed by atoms with Crippen LogP contribution in [0.3, 0.4) is 0 Å². The Hall–Kier alpha value is -0.470. The molecule has 20 heavy (non-hydrogen) atoms. The number of hydrogen-bond donors (Lipinski definition) is 1. The Bertz CT molecular complexity index is 568. The summed E-state index contributed by atoms with van der Waals surface area (Å²) >= 11 is 1.30. The first kappa shape index (κ1) is 15.9. The fraction of sp³-hybridized carbons (Fsp3) is 0.692. The molecule has 1 saturated heterocycles. The average Bonchev–Trinajstić information content (AvgIpc) is 2.95. The van der Waals surface area contributed by atoms with Gasteiger partial charge in [-0.25, -0.2) is 12.7 Å². The second kappa shape index (κ2) is 6.11. The minimum atomic E-state index is -3.51. The number of nitrogens with zero attached hydrogens (tertiary/aromatic N) is 2. The Morgan fingerprint density at radius 2 is 2.25 bits per heavy atom. The van der Waals surface area contributed by atoms with Crippen molar-refractivity contribution in [1.29, 1.82) is 0 Å². The lowest BCUT2D eigenvalue weighted by Gasteiger charge is -2.21. The van der Waals surface area contributed by atoms with Crippen LogP contribution in [0.1, 0.15) is 16.9 Å². The van der Waals surface area contributed by atoms with E-state index >= 15 is 0 Å². The Morgan fingerprint density at radius 3 is 2.80 bits per heavy atom. The van der Waals surface area contributed by atoms with Crippen LogP contribution < -0.4 is 0 Å². The number of aliphatic hydroxyl groups is 1. The lowest BCUT2D eigenvalue weighted by atomic mass is 10.1. The van der Waals surface area contributed by atoms with Crippen LogP contribution in [0.15, 0.2) is 10.3 Å². The van der Waals surface area contributed by atoms with Gasteiger partial charge in [-0.1, -0.05) is 0 Å². The highest BCUT2D eigenvalue weighted by Crippen LogP contribution is 2.30. The largest absolute Gasteiger partial charge is 0.391 e. The first-order valence-corrected chi connectivity index (χ1v) is 9.01. The molecule has 2 rings (SSSR count). The maximum atomic E-state index is 12.7. The van der Waals surface area contributed by atoms with E-state index in [0.717, 1.165) is 25.1 Å². The predicted molar refractivity (Wildman–Crippen MR) is 80.4 cm³/mol. The Kier molecular flexibility index (Phi) is 4.86. The molecule has 1 atom stereocenters. The highest BCUT2D eigenvalue weighted by atomic mass is 32.2. The van der Waals surface area contributed by atoms with Crippen LogP contribution in [0, 0.1) is 12.8 Å². The molecule has 0 spiro atoms. The minimum absolute atomic E-state index is 0.229. The quantitative estimate of drug-likeness (QED) is 0.884. The van der Waals surface area contributed by atoms with Crippen LogP contribution in [0.25, 0.3) is 0 Å². The molecule has 1 N–H and O–H groups in total. The molecule has 1 unspecified atom stereocenters. The third-order valence-electron chi connectivity index (χ3n) is 3.81. The highest BCUT2D eigenvalue weighted by molar-refractivity contribution is 7.89. The van der Waals surface area contributed by atoms with Crippen LogP contribution in [0.2, 0.25) is 0 Å². The van der Waals surface area contributed by atoms with E-state index in [2.05, 4.69) is 11.9 Å². The molecule has 7 heteroatoms. The van der Waals surface area contributed by atoms with Gasteiger partial charge in [-0.2, -0.15) is 0 Å². The van der Waals surface area contributed by atoms with Gasteiger partial charge in [-0.05, 0) is 43.8 Å². The molecule has 0 bridgehead atoms. The summed E-state index contributed by atoms with van der Waals surface area (Å²) in [6.45, 7) is 4.05. The Morgan fingerprint density at radius 1 is 1.55 bits per heavy atom. The first-order valence-electron chi connectivity index (χ1n) is 6.69. The molecule has 0 saturated carbocycles. The fourth-order valence-electron chi connectivity index (χ4n) is 2.74. The van der Waals surface area contributed by atoms with Gasteiger partial charge in [-0.3, -0.25) is 0 Å². The van der Waals surface area contributed by atoms with Crippen molar-refractivity contribution in [3.8, 4) is 0 Å². The number of aliphatic hydroxyl groups excluding tert-OH is 1. The van der Waals surface area contributed by atoms with E-state index in [-0.39, 0.29) is 6.61 Å². The lowest BCUT2D eigenvalue weighted by molar-refractivity contribution is 0.282. The summed E-state index contributed by atoms with van der Waals surface area (Å²) in [6, 6.07) is 0. The smallest absolute Gasteiger partial charge is 0.244 e. The molecule has 1 aliphatic rings. The van der Waals surface area contributed by atoms with Crippen molar-refractivity contribution in [3.05, 3.63) is 15.8 Å². The summed E-state index contributed by atoms with van der Waals surface area (Å²) in [4.78, 5) is 3.04. The van der Waals surface area contributed by atoms with Gasteiger partial charge >= 0.3 is 0 Å². The molecule has 2 heterocycles. The molecule has 0 aliphatic carbocycles. The first-order chi connectivity index (χ1) is 9.36. The Labute approximate surface area is 124 Å². The third kappa shape index (κ3) is 3.07. The van der Waals surface area contributed by atoms with Crippen molar-refractivity contribution in [2.24, 2.45) is 5.92 Å². The van der Waals surface area contributed by atoms with Gasteiger partial charge in [0, 0.05) is 20.1 Å². The van der Waals surface area contributed by atoms with E-state index in [0.29, 0.717) is 22.2 Å². The number of thiophene rings is 1. The number of hydrogen-bond acceptors (Lipinski definition) is 5. The van der Waals surface area contributed by atoms with E-state index in [1.165, 1.54) is 15.6 Å². The van der Waals surface area contributed by atoms with Gasteiger partial charge in [0.25, 0.3) is 0 Å². The molecule has 0 radical (unpaired) electrons. The number of likely N-dealkylation sites (tertiary alicyclic amines) is 1. The monoisotopic (exact) mass is 318 g/mol. The standard InChI is InChI=1S/C13H22N2O3S2/c1-10-9-19-12(8-16)13(10)20(17,18)15(3)7-11-4-5-14(2)6-11/h9,11,16H,4-8H2,1-3H3. The second-order valence-corrected chi connectivity index (χ2v) is 8.48. The molecule has 114 valence electrons. The topological polar surface area (TPSA) is 60.9 Å². The van der Waals surface area contributed by atoms with Crippen molar-refractivity contribution in [3.63, 3.8) is 0 Å². The lowest BCUT2D eigenvalue weighted by Crippen LogP contribution is -2.33. The molecule has 1 aliphatic heterocycles. The van der Waals surface area contributed by atoms with Gasteiger partial charge in [0.05, 0.1) is 11.5 Å². The zero-order valence-electron chi connectivity index (χ0n) is 12.2.